The van der Waals surface area contributed by atoms with Crippen LogP contribution in [0.25, 0.3) is 11.1 Å². The molecule has 1 aromatic heterocycles. The third-order valence-electron chi connectivity index (χ3n) is 2.44. The quantitative estimate of drug-likeness (QED) is 0.872. The number of benzene rings is 1. The van der Waals surface area contributed by atoms with Gasteiger partial charge in [-0.1, -0.05) is 35.0 Å². The summed E-state index contributed by atoms with van der Waals surface area (Å²) in [5.41, 5.74) is 6.83. The van der Waals surface area contributed by atoms with Gasteiger partial charge in [-0.3, -0.25) is 0 Å². The predicted molar refractivity (Wildman–Crippen MR) is 60.7 cm³/mol. The number of nitrogen functional groups attached to an aromatic ring is 1. The number of nitrogens with two attached hydrogens (primary N) is 1. The summed E-state index contributed by atoms with van der Waals surface area (Å²) in [5, 5.41) is 3.34. The highest BCUT2D eigenvalue weighted by atomic mass is 19.3. The summed E-state index contributed by atoms with van der Waals surface area (Å²) in [6.07, 6.45) is 0. The Hall–Kier alpha value is -1.91. The molecule has 0 saturated carbocycles. The molecule has 0 spiro atoms. The molecule has 2 N–H and O–H groups in total. The lowest BCUT2D eigenvalue weighted by atomic mass is 10.0. The number of halogens is 2. The lowest BCUT2D eigenvalue weighted by molar-refractivity contribution is 0.0103. The molecular weight excluding hydrogens is 226 g/mol. The zero-order chi connectivity index (χ0) is 12.6. The maximum atomic E-state index is 13.3. The van der Waals surface area contributed by atoms with Crippen LogP contribution in [0.2, 0.25) is 0 Å². The molecular formula is C12H12F2N2O. The monoisotopic (exact) mass is 238 g/mol. The van der Waals surface area contributed by atoms with E-state index in [1.54, 1.807) is 18.2 Å². The number of nitrogens with zero attached hydrogens (tertiary/aromatic N) is 1. The molecule has 1 heterocycles. The molecule has 0 fully saturated rings. The molecule has 5 heteroatoms. The first-order chi connectivity index (χ1) is 7.89. The Bertz CT molecular complexity index is 544. The maximum absolute atomic E-state index is 13.3. The number of hydrogen-bond acceptors (Lipinski definition) is 3. The predicted octanol–water partition coefficient (Wildman–Crippen LogP) is 3.34. The molecule has 0 radical (unpaired) electrons. The Morgan fingerprint density at radius 2 is 2.06 bits per heavy atom. The minimum absolute atomic E-state index is 0.0906. The number of alkyl halides is 2. The molecule has 90 valence electrons. The van der Waals surface area contributed by atoms with E-state index in [1.807, 2.05) is 13.0 Å². The molecule has 0 amide bonds. The first-order valence-electron chi connectivity index (χ1n) is 5.10. The van der Waals surface area contributed by atoms with Gasteiger partial charge in [-0.25, -0.2) is 0 Å². The second kappa shape index (κ2) is 3.84. The van der Waals surface area contributed by atoms with E-state index >= 15 is 0 Å². The van der Waals surface area contributed by atoms with E-state index in [9.17, 15) is 8.78 Å². The summed E-state index contributed by atoms with van der Waals surface area (Å²) in [4.78, 5) is 0. The van der Waals surface area contributed by atoms with Crippen molar-refractivity contribution in [3.8, 4) is 11.1 Å². The summed E-state index contributed by atoms with van der Waals surface area (Å²) < 4.78 is 31.3. The van der Waals surface area contributed by atoms with Crippen LogP contribution < -0.4 is 5.73 Å². The summed E-state index contributed by atoms with van der Waals surface area (Å²) in [6, 6.07) is 7.11. The summed E-state index contributed by atoms with van der Waals surface area (Å²) in [6.45, 7) is 2.64. The van der Waals surface area contributed by atoms with Gasteiger partial charge in [0, 0.05) is 6.92 Å². The normalized spacial score (nSPS) is 11.8. The summed E-state index contributed by atoms with van der Waals surface area (Å²) in [5.74, 6) is -3.17. The molecule has 1 aromatic carbocycles. The van der Waals surface area contributed by atoms with Crippen molar-refractivity contribution >= 4 is 5.88 Å². The van der Waals surface area contributed by atoms with E-state index in [0.717, 1.165) is 12.5 Å². The van der Waals surface area contributed by atoms with Crippen LogP contribution in [0.3, 0.4) is 0 Å². The first-order valence-corrected chi connectivity index (χ1v) is 5.10. The minimum atomic E-state index is -3.08. The molecule has 2 aromatic rings. The van der Waals surface area contributed by atoms with Crippen LogP contribution in [0.4, 0.5) is 14.7 Å². The molecule has 2 rings (SSSR count). The van der Waals surface area contributed by atoms with Gasteiger partial charge in [0.2, 0.25) is 5.88 Å². The van der Waals surface area contributed by atoms with Gasteiger partial charge in [-0.05, 0) is 12.5 Å². The van der Waals surface area contributed by atoms with Gasteiger partial charge < -0.3 is 10.3 Å². The second-order valence-electron chi connectivity index (χ2n) is 4.03. The van der Waals surface area contributed by atoms with Crippen LogP contribution in [0.5, 0.6) is 0 Å². The van der Waals surface area contributed by atoms with Crippen LogP contribution in [-0.2, 0) is 5.92 Å². The highest BCUT2D eigenvalue weighted by Crippen LogP contribution is 2.38. The van der Waals surface area contributed by atoms with Crippen molar-refractivity contribution in [2.24, 2.45) is 0 Å². The number of aryl methyl sites for hydroxylation is 1. The van der Waals surface area contributed by atoms with Crippen molar-refractivity contribution in [1.82, 2.24) is 5.16 Å². The highest BCUT2D eigenvalue weighted by Gasteiger charge is 2.34. The summed E-state index contributed by atoms with van der Waals surface area (Å²) >= 11 is 0. The van der Waals surface area contributed by atoms with E-state index in [2.05, 4.69) is 9.68 Å². The van der Waals surface area contributed by atoms with E-state index in [-0.39, 0.29) is 11.4 Å². The fourth-order valence-corrected chi connectivity index (χ4v) is 1.68. The maximum Gasteiger partial charge on any atom is 0.291 e. The van der Waals surface area contributed by atoms with Gasteiger partial charge in [0.05, 0.1) is 5.56 Å². The Morgan fingerprint density at radius 3 is 2.65 bits per heavy atom. The zero-order valence-electron chi connectivity index (χ0n) is 9.50. The van der Waals surface area contributed by atoms with Gasteiger partial charge in [0.25, 0.3) is 5.92 Å². The van der Waals surface area contributed by atoms with E-state index in [4.69, 9.17) is 5.73 Å². The van der Waals surface area contributed by atoms with Gasteiger partial charge >= 0.3 is 0 Å². The van der Waals surface area contributed by atoms with Crippen molar-refractivity contribution < 1.29 is 13.3 Å². The molecule has 0 aliphatic heterocycles. The van der Waals surface area contributed by atoms with Gasteiger partial charge in [0.15, 0.2) is 5.69 Å². The standard InChI is InChI=1S/C12H12F2N2O/c1-7-4-3-5-8(6-7)9-10(12(2,13)14)16-17-11(9)15/h3-6H,15H2,1-2H3. The molecule has 0 aliphatic carbocycles. The smallest absolute Gasteiger partial charge is 0.291 e. The van der Waals surface area contributed by atoms with Crippen molar-refractivity contribution in [1.29, 1.82) is 0 Å². The van der Waals surface area contributed by atoms with E-state index in [1.165, 1.54) is 0 Å². The number of anilines is 1. The van der Waals surface area contributed by atoms with Crippen LogP contribution in [0, 0.1) is 6.92 Å². The number of aromatic nitrogens is 1. The fourth-order valence-electron chi connectivity index (χ4n) is 1.68. The number of hydrogen-bond donors (Lipinski definition) is 1. The van der Waals surface area contributed by atoms with Gasteiger partial charge in [-0.15, -0.1) is 0 Å². The van der Waals surface area contributed by atoms with Crippen LogP contribution in [0.1, 0.15) is 18.2 Å². The molecule has 3 nitrogen and oxygen atoms in total. The van der Waals surface area contributed by atoms with Crippen LogP contribution in [0.15, 0.2) is 28.8 Å². The highest BCUT2D eigenvalue weighted by molar-refractivity contribution is 5.76. The lowest BCUT2D eigenvalue weighted by Crippen LogP contribution is -2.09. The topological polar surface area (TPSA) is 52.0 Å². The van der Waals surface area contributed by atoms with E-state index < -0.39 is 11.6 Å². The van der Waals surface area contributed by atoms with Gasteiger partial charge in [0.1, 0.15) is 0 Å². The average Bonchev–Trinajstić information content (AvgIpc) is 2.59. The lowest BCUT2D eigenvalue weighted by Gasteiger charge is -2.09. The Balaban J connectivity index is 2.63. The third-order valence-corrected chi connectivity index (χ3v) is 2.44. The molecule has 0 atom stereocenters. The van der Waals surface area contributed by atoms with Gasteiger partial charge in [-0.2, -0.15) is 8.78 Å². The average molecular weight is 238 g/mol. The van der Waals surface area contributed by atoms with E-state index in [0.29, 0.717) is 5.56 Å². The molecule has 0 unspecified atom stereocenters. The Labute approximate surface area is 97.2 Å². The molecule has 0 bridgehead atoms. The van der Waals surface area contributed by atoms with Crippen LogP contribution >= 0.6 is 0 Å². The number of rotatable bonds is 2. The Morgan fingerprint density at radius 1 is 1.35 bits per heavy atom. The fraction of sp³-hybridized carbons (Fsp3) is 0.250. The van der Waals surface area contributed by atoms with Crippen molar-refractivity contribution in [2.45, 2.75) is 19.8 Å². The molecule has 0 saturated heterocycles. The largest absolute Gasteiger partial charge is 0.367 e. The second-order valence-corrected chi connectivity index (χ2v) is 4.03. The third kappa shape index (κ3) is 2.13. The molecule has 0 aliphatic rings. The molecule has 17 heavy (non-hydrogen) atoms. The Kier molecular flexibility index (Phi) is 2.61. The summed E-state index contributed by atoms with van der Waals surface area (Å²) in [7, 11) is 0. The SMILES string of the molecule is Cc1cccc(-c2c(C(C)(F)F)noc2N)c1. The first kappa shape index (κ1) is 11.6. The van der Waals surface area contributed by atoms with Crippen molar-refractivity contribution in [3.63, 3.8) is 0 Å². The van der Waals surface area contributed by atoms with Crippen molar-refractivity contribution in [3.05, 3.63) is 35.5 Å². The van der Waals surface area contributed by atoms with Crippen molar-refractivity contribution in [2.75, 3.05) is 5.73 Å². The zero-order valence-corrected chi connectivity index (χ0v) is 9.50. The minimum Gasteiger partial charge on any atom is -0.367 e. The van der Waals surface area contributed by atoms with Crippen LogP contribution in [-0.4, -0.2) is 5.16 Å².